The van der Waals surface area contributed by atoms with E-state index in [0.29, 0.717) is 6.54 Å². The van der Waals surface area contributed by atoms with E-state index in [1.165, 1.54) is 6.92 Å². The second-order valence-corrected chi connectivity index (χ2v) is 4.01. The van der Waals surface area contributed by atoms with Gasteiger partial charge in [-0.2, -0.15) is 0 Å². The summed E-state index contributed by atoms with van der Waals surface area (Å²) in [6.07, 6.45) is 1.77. The zero-order valence-corrected chi connectivity index (χ0v) is 8.87. The molecule has 14 heavy (non-hydrogen) atoms. The van der Waals surface area contributed by atoms with Crippen LogP contribution in [0.25, 0.3) is 0 Å². The molecule has 0 aromatic carbocycles. The van der Waals surface area contributed by atoms with Crippen molar-refractivity contribution in [2.24, 2.45) is 0 Å². The molecular formula is C11H16N2O. The van der Waals surface area contributed by atoms with E-state index in [1.807, 2.05) is 18.2 Å². The second-order valence-electron chi connectivity index (χ2n) is 4.01. The van der Waals surface area contributed by atoms with Crippen LogP contribution in [0.5, 0.6) is 0 Å². The minimum absolute atomic E-state index is 0.00555. The van der Waals surface area contributed by atoms with Gasteiger partial charge in [-0.05, 0) is 12.1 Å². The summed E-state index contributed by atoms with van der Waals surface area (Å²) in [4.78, 5) is 15.1. The molecule has 0 fully saturated rings. The number of pyridine rings is 1. The number of carbonyl (C=O) groups excluding carboxylic acids is 1. The predicted octanol–water partition coefficient (Wildman–Crippen LogP) is 1.50. The first kappa shape index (κ1) is 10.7. The van der Waals surface area contributed by atoms with E-state index in [0.717, 1.165) is 5.69 Å². The number of carbonyl (C=O) groups is 1. The molecule has 0 atom stereocenters. The van der Waals surface area contributed by atoms with Gasteiger partial charge in [0.05, 0.1) is 0 Å². The lowest BCUT2D eigenvalue weighted by molar-refractivity contribution is -0.119. The van der Waals surface area contributed by atoms with Gasteiger partial charge in [0.2, 0.25) is 5.91 Å². The minimum atomic E-state index is -0.118. The lowest BCUT2D eigenvalue weighted by atomic mass is 9.89. The van der Waals surface area contributed by atoms with Crippen LogP contribution in [0.4, 0.5) is 0 Å². The number of nitrogens with zero attached hydrogens (tertiary/aromatic N) is 1. The first-order chi connectivity index (χ1) is 6.52. The number of amides is 1. The van der Waals surface area contributed by atoms with Gasteiger partial charge >= 0.3 is 0 Å². The molecule has 76 valence electrons. The van der Waals surface area contributed by atoms with E-state index >= 15 is 0 Å². The molecular weight excluding hydrogens is 176 g/mol. The lowest BCUT2D eigenvalue weighted by Crippen LogP contribution is -2.36. The van der Waals surface area contributed by atoms with E-state index in [4.69, 9.17) is 0 Å². The summed E-state index contributed by atoms with van der Waals surface area (Å²) >= 11 is 0. The third-order valence-corrected chi connectivity index (χ3v) is 2.14. The highest BCUT2D eigenvalue weighted by atomic mass is 16.1. The standard InChI is InChI=1S/C11H16N2O/c1-9(14)13-8-11(2,3)10-6-4-5-7-12-10/h4-7H,8H2,1-3H3,(H,13,14). The molecule has 0 spiro atoms. The molecule has 0 aliphatic rings. The van der Waals surface area contributed by atoms with E-state index in [-0.39, 0.29) is 11.3 Å². The molecule has 3 heteroatoms. The predicted molar refractivity (Wildman–Crippen MR) is 55.9 cm³/mol. The first-order valence-corrected chi connectivity index (χ1v) is 4.68. The molecule has 0 radical (unpaired) electrons. The van der Waals surface area contributed by atoms with Crippen molar-refractivity contribution in [3.63, 3.8) is 0 Å². The Morgan fingerprint density at radius 2 is 2.21 bits per heavy atom. The molecule has 0 aliphatic carbocycles. The van der Waals surface area contributed by atoms with Crippen LogP contribution in [0.3, 0.4) is 0 Å². The van der Waals surface area contributed by atoms with Crippen molar-refractivity contribution in [2.45, 2.75) is 26.2 Å². The summed E-state index contributed by atoms with van der Waals surface area (Å²) in [5.41, 5.74) is 0.876. The van der Waals surface area contributed by atoms with Crippen LogP contribution in [0.1, 0.15) is 26.5 Å². The molecule has 1 rings (SSSR count). The summed E-state index contributed by atoms with van der Waals surface area (Å²) in [7, 11) is 0. The third kappa shape index (κ3) is 2.83. The van der Waals surface area contributed by atoms with Crippen LogP contribution in [-0.2, 0) is 10.2 Å². The van der Waals surface area contributed by atoms with Crippen LogP contribution >= 0.6 is 0 Å². The molecule has 0 saturated carbocycles. The maximum atomic E-state index is 10.8. The van der Waals surface area contributed by atoms with Crippen LogP contribution in [0, 0.1) is 0 Å². The summed E-state index contributed by atoms with van der Waals surface area (Å²) in [6, 6.07) is 5.82. The summed E-state index contributed by atoms with van der Waals surface area (Å²) < 4.78 is 0. The van der Waals surface area contributed by atoms with Gasteiger partial charge in [-0.3, -0.25) is 9.78 Å². The fourth-order valence-electron chi connectivity index (χ4n) is 1.20. The van der Waals surface area contributed by atoms with Crippen LogP contribution in [-0.4, -0.2) is 17.4 Å². The van der Waals surface area contributed by atoms with Gasteiger partial charge < -0.3 is 5.32 Å². The van der Waals surface area contributed by atoms with Crippen molar-refractivity contribution in [3.8, 4) is 0 Å². The van der Waals surface area contributed by atoms with Crippen molar-refractivity contribution in [2.75, 3.05) is 6.54 Å². The highest BCUT2D eigenvalue weighted by Crippen LogP contribution is 2.19. The number of hydrogen-bond acceptors (Lipinski definition) is 2. The SMILES string of the molecule is CC(=O)NCC(C)(C)c1ccccn1. The molecule has 1 aromatic rings. The van der Waals surface area contributed by atoms with Gasteiger partial charge in [0.15, 0.2) is 0 Å². The number of rotatable bonds is 3. The van der Waals surface area contributed by atoms with Crippen molar-refractivity contribution in [3.05, 3.63) is 30.1 Å². The average molecular weight is 192 g/mol. The smallest absolute Gasteiger partial charge is 0.216 e. The quantitative estimate of drug-likeness (QED) is 0.788. The fourth-order valence-corrected chi connectivity index (χ4v) is 1.20. The van der Waals surface area contributed by atoms with Crippen molar-refractivity contribution in [1.82, 2.24) is 10.3 Å². The Kier molecular flexibility index (Phi) is 3.23. The van der Waals surface area contributed by atoms with Crippen molar-refractivity contribution in [1.29, 1.82) is 0 Å². The summed E-state index contributed by atoms with van der Waals surface area (Å²) in [5, 5.41) is 2.81. The van der Waals surface area contributed by atoms with E-state index in [1.54, 1.807) is 6.20 Å². The topological polar surface area (TPSA) is 42.0 Å². The van der Waals surface area contributed by atoms with Gasteiger partial charge in [-0.25, -0.2) is 0 Å². The molecule has 1 heterocycles. The van der Waals surface area contributed by atoms with Crippen molar-refractivity contribution >= 4 is 5.91 Å². The molecule has 0 unspecified atom stereocenters. The molecule has 1 N–H and O–H groups in total. The lowest BCUT2D eigenvalue weighted by Gasteiger charge is -2.23. The normalized spacial score (nSPS) is 11.1. The third-order valence-electron chi connectivity index (χ3n) is 2.14. The molecule has 0 bridgehead atoms. The Bertz CT molecular complexity index is 306. The maximum Gasteiger partial charge on any atom is 0.216 e. The highest BCUT2D eigenvalue weighted by Gasteiger charge is 2.21. The fraction of sp³-hybridized carbons (Fsp3) is 0.455. The van der Waals surface area contributed by atoms with Gasteiger partial charge in [0.1, 0.15) is 0 Å². The number of nitrogens with one attached hydrogen (secondary N) is 1. The van der Waals surface area contributed by atoms with Gasteiger partial charge in [-0.15, -0.1) is 0 Å². The first-order valence-electron chi connectivity index (χ1n) is 4.68. The Hall–Kier alpha value is -1.38. The minimum Gasteiger partial charge on any atom is -0.355 e. The van der Waals surface area contributed by atoms with E-state index < -0.39 is 0 Å². The van der Waals surface area contributed by atoms with Gasteiger partial charge in [-0.1, -0.05) is 19.9 Å². The summed E-state index contributed by atoms with van der Waals surface area (Å²) in [6.45, 7) is 6.25. The maximum absolute atomic E-state index is 10.8. The van der Waals surface area contributed by atoms with Gasteiger partial charge in [0, 0.05) is 30.8 Å². The number of hydrogen-bond donors (Lipinski definition) is 1. The van der Waals surface area contributed by atoms with Crippen molar-refractivity contribution < 1.29 is 4.79 Å². The zero-order chi connectivity index (χ0) is 10.6. The van der Waals surface area contributed by atoms with Crippen LogP contribution in [0.2, 0.25) is 0 Å². The highest BCUT2D eigenvalue weighted by molar-refractivity contribution is 5.72. The molecule has 0 aliphatic heterocycles. The zero-order valence-electron chi connectivity index (χ0n) is 8.87. The second kappa shape index (κ2) is 4.22. The van der Waals surface area contributed by atoms with Crippen LogP contribution in [0.15, 0.2) is 24.4 Å². The Balaban J connectivity index is 2.70. The monoisotopic (exact) mass is 192 g/mol. The largest absolute Gasteiger partial charge is 0.355 e. The van der Waals surface area contributed by atoms with E-state index in [9.17, 15) is 4.79 Å². The van der Waals surface area contributed by atoms with E-state index in [2.05, 4.69) is 24.1 Å². The summed E-state index contributed by atoms with van der Waals surface area (Å²) in [5.74, 6) is -0.00555. The number of aromatic nitrogens is 1. The molecule has 3 nitrogen and oxygen atoms in total. The molecule has 1 amide bonds. The van der Waals surface area contributed by atoms with Crippen LogP contribution < -0.4 is 5.32 Å². The average Bonchev–Trinajstić information content (AvgIpc) is 2.16. The Morgan fingerprint density at radius 1 is 1.50 bits per heavy atom. The Labute approximate surface area is 84.6 Å². The Morgan fingerprint density at radius 3 is 2.71 bits per heavy atom. The molecule has 0 saturated heterocycles. The van der Waals surface area contributed by atoms with Gasteiger partial charge in [0.25, 0.3) is 0 Å². The molecule has 1 aromatic heterocycles.